The van der Waals surface area contributed by atoms with Gasteiger partial charge in [0.15, 0.2) is 0 Å². The molecule has 0 bridgehead atoms. The van der Waals surface area contributed by atoms with Gasteiger partial charge < -0.3 is 4.74 Å². The maximum atomic E-state index is 12.0. The first-order valence-electron chi connectivity index (χ1n) is 5.96. The zero-order valence-electron chi connectivity index (χ0n) is 11.9. The highest BCUT2D eigenvalue weighted by atomic mass is 32.2. The quantitative estimate of drug-likeness (QED) is 0.705. The fraction of sp³-hybridized carbons (Fsp3) is 0.909. The molecule has 0 fully saturated rings. The summed E-state index contributed by atoms with van der Waals surface area (Å²) in [5, 5.41) is 0. The van der Waals surface area contributed by atoms with E-state index in [1.807, 2.05) is 6.92 Å². The summed E-state index contributed by atoms with van der Waals surface area (Å²) < 4.78 is 32.6. The Morgan fingerprint density at radius 2 is 1.83 bits per heavy atom. The Hall–Kier alpha value is -0.660. The van der Waals surface area contributed by atoms with E-state index in [2.05, 4.69) is 9.44 Å². The Kier molecular flexibility index (Phi) is 6.25. The number of ether oxygens (including phenoxy) is 1. The predicted octanol–water partition coefficient (Wildman–Crippen LogP) is 0.797. The molecule has 0 aliphatic heterocycles. The number of nitrogens with one attached hydrogen (secondary N) is 2. The molecule has 0 spiro atoms. The molecule has 0 amide bonds. The average Bonchev–Trinajstić information content (AvgIpc) is 2.22. The molecule has 6 nitrogen and oxygen atoms in total. The van der Waals surface area contributed by atoms with Crippen molar-refractivity contribution in [2.75, 3.05) is 7.05 Å². The van der Waals surface area contributed by atoms with Gasteiger partial charge in [0, 0.05) is 7.05 Å². The van der Waals surface area contributed by atoms with Crippen LogP contribution in [0.3, 0.4) is 0 Å². The van der Waals surface area contributed by atoms with E-state index in [0.717, 1.165) is 0 Å². The van der Waals surface area contributed by atoms with Crippen molar-refractivity contribution in [3.05, 3.63) is 0 Å². The summed E-state index contributed by atoms with van der Waals surface area (Å²) in [6, 6.07) is -0.883. The van der Waals surface area contributed by atoms with Crippen molar-refractivity contribution in [3.8, 4) is 0 Å². The van der Waals surface area contributed by atoms with Gasteiger partial charge in [-0.15, -0.1) is 0 Å². The monoisotopic (exact) mass is 280 g/mol. The van der Waals surface area contributed by atoms with Crippen LogP contribution in [0.2, 0.25) is 0 Å². The fourth-order valence-corrected chi connectivity index (χ4v) is 2.00. The van der Waals surface area contributed by atoms with Crippen LogP contribution >= 0.6 is 0 Å². The van der Waals surface area contributed by atoms with Crippen molar-refractivity contribution in [2.45, 2.75) is 52.7 Å². The van der Waals surface area contributed by atoms with Crippen LogP contribution in [0.5, 0.6) is 0 Å². The van der Waals surface area contributed by atoms with Crippen LogP contribution in [0.1, 0.15) is 41.0 Å². The number of rotatable bonds is 6. The largest absolute Gasteiger partial charge is 0.459 e. The summed E-state index contributed by atoms with van der Waals surface area (Å²) in [6.45, 7) is 8.91. The van der Waals surface area contributed by atoms with E-state index in [9.17, 15) is 13.2 Å². The molecule has 7 heteroatoms. The van der Waals surface area contributed by atoms with Gasteiger partial charge in [-0.2, -0.15) is 13.1 Å². The first-order valence-corrected chi connectivity index (χ1v) is 7.44. The number of carbonyl (C=O) groups excluding carboxylic acids is 1. The fourth-order valence-electron chi connectivity index (χ4n) is 1.22. The number of hydrogen-bond donors (Lipinski definition) is 2. The Labute approximate surface area is 110 Å². The third-order valence-corrected chi connectivity index (χ3v) is 3.53. The minimum atomic E-state index is -3.68. The summed E-state index contributed by atoms with van der Waals surface area (Å²) in [7, 11) is -2.39. The Balaban J connectivity index is 4.96. The summed E-state index contributed by atoms with van der Waals surface area (Å²) in [5.74, 6) is -0.710. The molecule has 0 aliphatic rings. The molecule has 0 aromatic heterocycles. The zero-order valence-corrected chi connectivity index (χ0v) is 12.7. The molecule has 0 aromatic rings. The van der Waals surface area contributed by atoms with Crippen molar-refractivity contribution in [2.24, 2.45) is 5.92 Å². The zero-order chi connectivity index (χ0) is 14.6. The van der Waals surface area contributed by atoms with Crippen molar-refractivity contribution in [1.82, 2.24) is 9.44 Å². The molecule has 0 unspecified atom stereocenters. The van der Waals surface area contributed by atoms with Gasteiger partial charge in [-0.3, -0.25) is 4.79 Å². The molecule has 0 aromatic carbocycles. The van der Waals surface area contributed by atoms with Crippen LogP contribution < -0.4 is 9.44 Å². The van der Waals surface area contributed by atoms with Crippen LogP contribution in [0.15, 0.2) is 0 Å². The molecule has 0 radical (unpaired) electrons. The third kappa shape index (κ3) is 6.32. The Bertz CT molecular complexity index is 373. The van der Waals surface area contributed by atoms with Gasteiger partial charge in [-0.25, -0.2) is 4.72 Å². The maximum Gasteiger partial charge on any atom is 0.325 e. The maximum absolute atomic E-state index is 12.0. The lowest BCUT2D eigenvalue weighted by Crippen LogP contribution is -2.50. The van der Waals surface area contributed by atoms with Gasteiger partial charge in [-0.1, -0.05) is 20.3 Å². The van der Waals surface area contributed by atoms with E-state index in [1.54, 1.807) is 27.7 Å². The molecule has 0 saturated heterocycles. The van der Waals surface area contributed by atoms with E-state index in [1.165, 1.54) is 7.05 Å². The molecule has 0 rings (SSSR count). The highest BCUT2D eigenvalue weighted by molar-refractivity contribution is 7.87. The highest BCUT2D eigenvalue weighted by Crippen LogP contribution is 2.15. The van der Waals surface area contributed by atoms with Crippen LogP contribution in [-0.2, 0) is 19.7 Å². The van der Waals surface area contributed by atoms with Gasteiger partial charge in [0.25, 0.3) is 10.2 Å². The van der Waals surface area contributed by atoms with Gasteiger partial charge >= 0.3 is 5.97 Å². The lowest BCUT2D eigenvalue weighted by Gasteiger charge is -2.27. The van der Waals surface area contributed by atoms with E-state index in [4.69, 9.17) is 4.74 Å². The standard InChI is InChI=1S/C11H24N2O4S/c1-7-8(2)9(13-18(15,16)12-6)10(14)17-11(3,4)5/h8-9,12-13H,7H2,1-6H3/t8-,9-/m0/s1. The van der Waals surface area contributed by atoms with Crippen molar-refractivity contribution < 1.29 is 17.9 Å². The molecule has 2 atom stereocenters. The summed E-state index contributed by atoms with van der Waals surface area (Å²) in [4.78, 5) is 12.0. The lowest BCUT2D eigenvalue weighted by molar-refractivity contribution is -0.158. The highest BCUT2D eigenvalue weighted by Gasteiger charge is 2.32. The SMILES string of the molecule is CC[C@H](C)[C@H](NS(=O)(=O)NC)C(=O)OC(C)(C)C. The van der Waals surface area contributed by atoms with Crippen LogP contribution in [0, 0.1) is 5.92 Å². The second kappa shape index (κ2) is 6.49. The van der Waals surface area contributed by atoms with Crippen molar-refractivity contribution in [1.29, 1.82) is 0 Å². The summed E-state index contributed by atoms with van der Waals surface area (Å²) >= 11 is 0. The average molecular weight is 280 g/mol. The number of esters is 1. The second-order valence-electron chi connectivity index (χ2n) is 5.22. The molecule has 0 saturated carbocycles. The van der Waals surface area contributed by atoms with Crippen molar-refractivity contribution in [3.63, 3.8) is 0 Å². The number of carbonyl (C=O) groups is 1. The van der Waals surface area contributed by atoms with E-state index >= 15 is 0 Å². The normalized spacial score (nSPS) is 16.1. The van der Waals surface area contributed by atoms with E-state index in [0.29, 0.717) is 6.42 Å². The first-order chi connectivity index (χ1) is 8.02. The van der Waals surface area contributed by atoms with E-state index < -0.39 is 27.8 Å². The van der Waals surface area contributed by atoms with Gasteiger partial charge in [0.1, 0.15) is 11.6 Å². The van der Waals surface area contributed by atoms with Crippen LogP contribution in [-0.4, -0.2) is 33.1 Å². The van der Waals surface area contributed by atoms with Gasteiger partial charge in [0.2, 0.25) is 0 Å². The minimum Gasteiger partial charge on any atom is -0.459 e. The second-order valence-corrected chi connectivity index (χ2v) is 6.87. The molecule has 0 aliphatic carbocycles. The lowest BCUT2D eigenvalue weighted by atomic mass is 10.00. The Morgan fingerprint density at radius 1 is 1.33 bits per heavy atom. The number of hydrogen-bond acceptors (Lipinski definition) is 4. The third-order valence-electron chi connectivity index (χ3n) is 2.42. The first kappa shape index (κ1) is 17.3. The van der Waals surface area contributed by atoms with Crippen LogP contribution in [0.4, 0.5) is 0 Å². The topological polar surface area (TPSA) is 84.5 Å². The molecule has 18 heavy (non-hydrogen) atoms. The van der Waals surface area contributed by atoms with Crippen molar-refractivity contribution >= 4 is 16.2 Å². The summed E-state index contributed by atoms with van der Waals surface area (Å²) in [5.41, 5.74) is -0.645. The molecule has 0 heterocycles. The summed E-state index contributed by atoms with van der Waals surface area (Å²) in [6.07, 6.45) is 0.663. The predicted molar refractivity (Wildman–Crippen MR) is 70.2 cm³/mol. The van der Waals surface area contributed by atoms with E-state index in [-0.39, 0.29) is 5.92 Å². The molecular weight excluding hydrogens is 256 g/mol. The van der Waals surface area contributed by atoms with Gasteiger partial charge in [0.05, 0.1) is 0 Å². The Morgan fingerprint density at radius 3 is 2.17 bits per heavy atom. The molecule has 2 N–H and O–H groups in total. The van der Waals surface area contributed by atoms with Gasteiger partial charge in [-0.05, 0) is 26.7 Å². The molecule has 108 valence electrons. The van der Waals surface area contributed by atoms with Crippen LogP contribution in [0.25, 0.3) is 0 Å². The minimum absolute atomic E-state index is 0.150. The molecular formula is C11H24N2O4S. The smallest absolute Gasteiger partial charge is 0.325 e.